The lowest BCUT2D eigenvalue weighted by atomic mass is 10.1. The van der Waals surface area contributed by atoms with Crippen molar-refractivity contribution in [3.8, 4) is 17.1 Å². The van der Waals surface area contributed by atoms with E-state index in [4.69, 9.17) is 9.15 Å². The highest BCUT2D eigenvalue weighted by Gasteiger charge is 2.06. The molecule has 0 saturated carbocycles. The molecule has 3 rings (SSSR count). The van der Waals surface area contributed by atoms with E-state index in [2.05, 4.69) is 10.5 Å². The Kier molecular flexibility index (Phi) is 5.66. The van der Waals surface area contributed by atoms with Gasteiger partial charge in [0.05, 0.1) is 6.21 Å². The highest BCUT2D eigenvalue weighted by molar-refractivity contribution is 5.81. The number of hydrazone groups is 1. The van der Waals surface area contributed by atoms with Crippen LogP contribution in [0.25, 0.3) is 11.3 Å². The molecular weight excluding hydrogens is 347 g/mol. The summed E-state index contributed by atoms with van der Waals surface area (Å²) >= 11 is 0. The Bertz CT molecular complexity index is 962. The zero-order valence-corrected chi connectivity index (χ0v) is 15.0. The van der Waals surface area contributed by atoms with E-state index in [9.17, 15) is 9.18 Å². The molecule has 0 radical (unpaired) electrons. The van der Waals surface area contributed by atoms with E-state index in [1.165, 1.54) is 18.3 Å². The van der Waals surface area contributed by atoms with Crippen molar-refractivity contribution < 1.29 is 18.3 Å². The fourth-order valence-electron chi connectivity index (χ4n) is 2.42. The fraction of sp³-hybridized carbons (Fsp3) is 0.143. The van der Waals surface area contributed by atoms with Gasteiger partial charge in [-0.3, -0.25) is 4.79 Å². The van der Waals surface area contributed by atoms with Gasteiger partial charge in [-0.1, -0.05) is 12.1 Å². The first-order valence-corrected chi connectivity index (χ1v) is 8.39. The van der Waals surface area contributed by atoms with Crippen LogP contribution >= 0.6 is 0 Å². The van der Waals surface area contributed by atoms with Crippen molar-refractivity contribution >= 4 is 12.1 Å². The molecule has 27 heavy (non-hydrogen) atoms. The van der Waals surface area contributed by atoms with Gasteiger partial charge < -0.3 is 9.15 Å². The number of benzene rings is 2. The molecule has 0 saturated heterocycles. The highest BCUT2D eigenvalue weighted by Crippen LogP contribution is 2.22. The van der Waals surface area contributed by atoms with Gasteiger partial charge in [-0.2, -0.15) is 5.10 Å². The van der Waals surface area contributed by atoms with Crippen LogP contribution in [-0.4, -0.2) is 18.7 Å². The minimum Gasteiger partial charge on any atom is -0.483 e. The SMILES string of the molecule is Cc1cccc(OCC(=O)N/N=C\c2ccc(-c3ccc(F)cc3)o2)c1C. The van der Waals surface area contributed by atoms with Crippen LogP contribution < -0.4 is 10.2 Å². The highest BCUT2D eigenvalue weighted by atomic mass is 19.1. The number of ether oxygens (including phenoxy) is 1. The summed E-state index contributed by atoms with van der Waals surface area (Å²) in [7, 11) is 0. The second kappa shape index (κ2) is 8.31. The van der Waals surface area contributed by atoms with Crippen molar-refractivity contribution in [2.24, 2.45) is 5.10 Å². The van der Waals surface area contributed by atoms with Crippen LogP contribution in [0.1, 0.15) is 16.9 Å². The molecule has 3 aromatic rings. The van der Waals surface area contributed by atoms with Crippen LogP contribution in [0.5, 0.6) is 5.75 Å². The minimum atomic E-state index is -0.377. The van der Waals surface area contributed by atoms with Crippen LogP contribution in [0.4, 0.5) is 4.39 Å². The van der Waals surface area contributed by atoms with Gasteiger partial charge in [0.2, 0.25) is 0 Å². The molecular formula is C21H19FN2O3. The molecule has 1 aromatic heterocycles. The lowest BCUT2D eigenvalue weighted by molar-refractivity contribution is -0.123. The summed E-state index contributed by atoms with van der Waals surface area (Å²) in [5, 5.41) is 3.86. The van der Waals surface area contributed by atoms with Crippen molar-refractivity contribution in [1.29, 1.82) is 0 Å². The molecule has 138 valence electrons. The first-order chi connectivity index (χ1) is 13.0. The van der Waals surface area contributed by atoms with Gasteiger partial charge >= 0.3 is 0 Å². The van der Waals surface area contributed by atoms with Crippen molar-refractivity contribution in [2.75, 3.05) is 6.61 Å². The largest absolute Gasteiger partial charge is 0.483 e. The van der Waals surface area contributed by atoms with Gasteiger partial charge in [0.1, 0.15) is 23.1 Å². The molecule has 0 unspecified atom stereocenters. The molecule has 1 heterocycles. The number of halogens is 1. The van der Waals surface area contributed by atoms with E-state index in [1.54, 1.807) is 24.3 Å². The number of aryl methyl sites for hydroxylation is 1. The van der Waals surface area contributed by atoms with Crippen LogP contribution in [0.15, 0.2) is 64.1 Å². The van der Waals surface area contributed by atoms with E-state index < -0.39 is 0 Å². The molecule has 2 aromatic carbocycles. The number of rotatable bonds is 6. The molecule has 0 aliphatic rings. The normalized spacial score (nSPS) is 10.9. The molecule has 6 heteroatoms. The lowest BCUT2D eigenvalue weighted by Gasteiger charge is -2.09. The smallest absolute Gasteiger partial charge is 0.277 e. The summed E-state index contributed by atoms with van der Waals surface area (Å²) in [5.41, 5.74) is 5.24. The second-order valence-electron chi connectivity index (χ2n) is 5.99. The standard InChI is InChI=1S/C21H19FN2O3/c1-14-4-3-5-19(15(14)2)26-13-21(25)24-23-12-18-10-11-20(27-18)16-6-8-17(22)9-7-16/h3-12H,13H2,1-2H3,(H,24,25)/b23-12-. The van der Waals surface area contributed by atoms with E-state index >= 15 is 0 Å². The molecule has 0 atom stereocenters. The Balaban J connectivity index is 1.52. The van der Waals surface area contributed by atoms with E-state index in [-0.39, 0.29) is 18.3 Å². The van der Waals surface area contributed by atoms with E-state index in [0.717, 1.165) is 16.7 Å². The molecule has 0 spiro atoms. The maximum Gasteiger partial charge on any atom is 0.277 e. The Morgan fingerprint density at radius 3 is 2.70 bits per heavy atom. The fourth-order valence-corrected chi connectivity index (χ4v) is 2.42. The van der Waals surface area contributed by atoms with Gasteiger partial charge in [0.15, 0.2) is 6.61 Å². The molecule has 0 aliphatic heterocycles. The van der Waals surface area contributed by atoms with Crippen LogP contribution in [0, 0.1) is 19.7 Å². The predicted molar refractivity (Wildman–Crippen MR) is 101 cm³/mol. The first kappa shape index (κ1) is 18.4. The quantitative estimate of drug-likeness (QED) is 0.524. The Morgan fingerprint density at radius 2 is 1.93 bits per heavy atom. The topological polar surface area (TPSA) is 63.8 Å². The third-order valence-electron chi connectivity index (χ3n) is 4.05. The minimum absolute atomic E-state index is 0.138. The zero-order valence-electron chi connectivity index (χ0n) is 15.0. The van der Waals surface area contributed by atoms with E-state index in [1.807, 2.05) is 32.0 Å². The number of nitrogens with one attached hydrogen (secondary N) is 1. The number of hydrogen-bond acceptors (Lipinski definition) is 4. The third kappa shape index (κ3) is 4.82. The van der Waals surface area contributed by atoms with Crippen LogP contribution in [0.3, 0.4) is 0 Å². The van der Waals surface area contributed by atoms with Crippen LogP contribution in [0.2, 0.25) is 0 Å². The summed E-state index contributed by atoms with van der Waals surface area (Å²) in [6, 6.07) is 15.1. The summed E-state index contributed by atoms with van der Waals surface area (Å²) in [6.07, 6.45) is 1.39. The monoisotopic (exact) mass is 366 g/mol. The number of hydrogen-bond donors (Lipinski definition) is 1. The summed E-state index contributed by atoms with van der Waals surface area (Å²) in [6.45, 7) is 3.78. The molecule has 0 aliphatic carbocycles. The second-order valence-corrected chi connectivity index (χ2v) is 5.99. The summed E-state index contributed by atoms with van der Waals surface area (Å²) in [4.78, 5) is 11.8. The van der Waals surface area contributed by atoms with Crippen molar-refractivity contribution in [1.82, 2.24) is 5.43 Å². The zero-order chi connectivity index (χ0) is 19.2. The number of nitrogens with zero attached hydrogens (tertiary/aromatic N) is 1. The summed E-state index contributed by atoms with van der Waals surface area (Å²) < 4.78 is 24.1. The third-order valence-corrected chi connectivity index (χ3v) is 4.05. The molecule has 1 amide bonds. The first-order valence-electron chi connectivity index (χ1n) is 8.39. The molecule has 0 fully saturated rings. The Labute approximate surface area is 156 Å². The lowest BCUT2D eigenvalue weighted by Crippen LogP contribution is -2.24. The van der Waals surface area contributed by atoms with Gasteiger partial charge in [0, 0.05) is 5.56 Å². The average molecular weight is 366 g/mol. The molecule has 5 nitrogen and oxygen atoms in total. The summed E-state index contributed by atoms with van der Waals surface area (Å²) in [5.74, 6) is 1.03. The molecule has 1 N–H and O–H groups in total. The van der Waals surface area contributed by atoms with Crippen molar-refractivity contribution in [2.45, 2.75) is 13.8 Å². The van der Waals surface area contributed by atoms with Gasteiger partial charge in [-0.05, 0) is 67.4 Å². The van der Waals surface area contributed by atoms with E-state index in [0.29, 0.717) is 17.3 Å². The maximum absolute atomic E-state index is 13.0. The number of carbonyl (C=O) groups is 1. The maximum atomic E-state index is 13.0. The average Bonchev–Trinajstić information content (AvgIpc) is 3.12. The van der Waals surface area contributed by atoms with Gasteiger partial charge in [0.25, 0.3) is 5.91 Å². The van der Waals surface area contributed by atoms with Crippen molar-refractivity contribution in [3.05, 3.63) is 77.3 Å². The number of carbonyl (C=O) groups excluding carboxylic acids is 1. The van der Waals surface area contributed by atoms with Crippen LogP contribution in [-0.2, 0) is 4.79 Å². The van der Waals surface area contributed by atoms with Gasteiger partial charge in [-0.25, -0.2) is 9.82 Å². The van der Waals surface area contributed by atoms with Gasteiger partial charge in [-0.15, -0.1) is 0 Å². The molecule has 0 bridgehead atoms. The number of amides is 1. The predicted octanol–water partition coefficient (Wildman–Crippen LogP) is 4.23. The number of furan rings is 1. The Morgan fingerprint density at radius 1 is 1.15 bits per heavy atom. The Hall–Kier alpha value is -3.41. The van der Waals surface area contributed by atoms with Crippen molar-refractivity contribution in [3.63, 3.8) is 0 Å².